The average Bonchev–Trinajstić information content (AvgIpc) is 3.00. The number of benzene rings is 1. The van der Waals surface area contributed by atoms with Gasteiger partial charge in [-0.05, 0) is 17.7 Å². The average molecular weight is 290 g/mol. The normalized spacial score (nSPS) is 10.2. The molecule has 0 saturated carbocycles. The summed E-state index contributed by atoms with van der Waals surface area (Å²) in [5, 5.41) is 2.84. The molecule has 6 nitrogen and oxygen atoms in total. The van der Waals surface area contributed by atoms with E-state index in [0.717, 1.165) is 11.3 Å². The van der Waals surface area contributed by atoms with Crippen molar-refractivity contribution in [2.45, 2.75) is 12.8 Å². The summed E-state index contributed by atoms with van der Waals surface area (Å²) >= 11 is 0. The molecule has 0 aliphatic carbocycles. The zero-order valence-electron chi connectivity index (χ0n) is 12.1. The van der Waals surface area contributed by atoms with Gasteiger partial charge in [-0.2, -0.15) is 0 Å². The van der Waals surface area contributed by atoms with Crippen molar-refractivity contribution in [1.82, 2.24) is 10.3 Å². The Morgan fingerprint density at radius 1 is 1.29 bits per heavy atom. The Hall–Kier alpha value is -2.50. The number of nitrogens with one attached hydrogen (secondary N) is 1. The molecule has 2 aromatic rings. The van der Waals surface area contributed by atoms with Crippen LogP contribution in [0.3, 0.4) is 0 Å². The van der Waals surface area contributed by atoms with Gasteiger partial charge in [0.15, 0.2) is 17.9 Å². The van der Waals surface area contributed by atoms with Crippen LogP contribution in [0.25, 0.3) is 0 Å². The van der Waals surface area contributed by atoms with Crippen LogP contribution < -0.4 is 14.8 Å². The highest BCUT2D eigenvalue weighted by Gasteiger charge is 2.08. The Balaban J connectivity index is 1.84. The van der Waals surface area contributed by atoms with Gasteiger partial charge in [-0.15, -0.1) is 0 Å². The summed E-state index contributed by atoms with van der Waals surface area (Å²) in [5.41, 5.74) is 1.69. The van der Waals surface area contributed by atoms with Crippen molar-refractivity contribution in [1.29, 1.82) is 0 Å². The van der Waals surface area contributed by atoms with Gasteiger partial charge in [-0.3, -0.25) is 4.79 Å². The maximum atomic E-state index is 11.9. The Kier molecular flexibility index (Phi) is 5.20. The first-order valence-corrected chi connectivity index (χ1v) is 6.57. The van der Waals surface area contributed by atoms with Crippen LogP contribution in [0.4, 0.5) is 0 Å². The van der Waals surface area contributed by atoms with E-state index < -0.39 is 0 Å². The molecule has 0 fully saturated rings. The highest BCUT2D eigenvalue weighted by atomic mass is 16.5. The van der Waals surface area contributed by atoms with Gasteiger partial charge in [0.05, 0.1) is 26.3 Å². The monoisotopic (exact) mass is 290 g/mol. The molecule has 1 amide bonds. The fourth-order valence-corrected chi connectivity index (χ4v) is 1.93. The van der Waals surface area contributed by atoms with Crippen LogP contribution in [0.5, 0.6) is 11.5 Å². The van der Waals surface area contributed by atoms with Gasteiger partial charge < -0.3 is 19.2 Å². The van der Waals surface area contributed by atoms with Crippen molar-refractivity contribution in [3.05, 3.63) is 42.1 Å². The Morgan fingerprint density at radius 2 is 2.10 bits per heavy atom. The van der Waals surface area contributed by atoms with Crippen LogP contribution in [0.2, 0.25) is 0 Å². The molecule has 1 aromatic carbocycles. The SMILES string of the molecule is COc1ccc(CC(=O)NCCc2cocn2)cc1OC. The molecule has 0 saturated heterocycles. The number of nitrogens with zero attached hydrogens (tertiary/aromatic N) is 1. The standard InChI is InChI=1S/C15H18N2O4/c1-19-13-4-3-11(7-14(13)20-2)8-15(18)16-6-5-12-9-21-10-17-12/h3-4,7,9-10H,5-6,8H2,1-2H3,(H,16,18). The second-order valence-electron chi connectivity index (χ2n) is 4.45. The largest absolute Gasteiger partial charge is 0.493 e. The molecule has 0 aliphatic heterocycles. The van der Waals surface area contributed by atoms with Gasteiger partial charge in [-0.25, -0.2) is 4.98 Å². The second-order valence-corrected chi connectivity index (χ2v) is 4.45. The van der Waals surface area contributed by atoms with Gasteiger partial charge in [0.1, 0.15) is 6.26 Å². The summed E-state index contributed by atoms with van der Waals surface area (Å²) in [6, 6.07) is 5.44. The summed E-state index contributed by atoms with van der Waals surface area (Å²) < 4.78 is 15.2. The van der Waals surface area contributed by atoms with Crippen LogP contribution in [0.1, 0.15) is 11.3 Å². The second kappa shape index (κ2) is 7.33. The van der Waals surface area contributed by atoms with Crippen molar-refractivity contribution in [2.75, 3.05) is 20.8 Å². The Bertz CT molecular complexity index is 581. The number of hydrogen-bond acceptors (Lipinski definition) is 5. The van der Waals surface area contributed by atoms with Gasteiger partial charge in [0, 0.05) is 13.0 Å². The molecule has 1 N–H and O–H groups in total. The van der Waals surface area contributed by atoms with Gasteiger partial charge in [0.2, 0.25) is 5.91 Å². The number of oxazole rings is 1. The van der Waals surface area contributed by atoms with Crippen LogP contribution in [0.15, 0.2) is 35.3 Å². The zero-order chi connectivity index (χ0) is 15.1. The lowest BCUT2D eigenvalue weighted by atomic mass is 10.1. The van der Waals surface area contributed by atoms with Crippen molar-refractivity contribution >= 4 is 5.91 Å². The Morgan fingerprint density at radius 3 is 2.76 bits per heavy atom. The molecule has 6 heteroatoms. The smallest absolute Gasteiger partial charge is 0.224 e. The van der Waals surface area contributed by atoms with Gasteiger partial charge in [-0.1, -0.05) is 6.07 Å². The van der Waals surface area contributed by atoms with Crippen LogP contribution in [0, 0.1) is 0 Å². The number of rotatable bonds is 7. The minimum atomic E-state index is -0.0503. The van der Waals surface area contributed by atoms with E-state index in [4.69, 9.17) is 13.9 Å². The predicted octanol–water partition coefficient (Wildman–Crippen LogP) is 1.59. The van der Waals surface area contributed by atoms with Crippen molar-refractivity contribution in [2.24, 2.45) is 0 Å². The number of carbonyl (C=O) groups excluding carboxylic acids is 1. The van der Waals surface area contributed by atoms with Gasteiger partial charge in [0.25, 0.3) is 0 Å². The summed E-state index contributed by atoms with van der Waals surface area (Å²) in [4.78, 5) is 15.9. The molecule has 0 unspecified atom stereocenters. The number of methoxy groups -OCH3 is 2. The molecule has 0 radical (unpaired) electrons. The minimum absolute atomic E-state index is 0.0503. The Labute approximate surface area is 123 Å². The molecule has 0 atom stereocenters. The van der Waals surface area contributed by atoms with Crippen molar-refractivity contribution in [3.8, 4) is 11.5 Å². The van der Waals surface area contributed by atoms with Gasteiger partial charge >= 0.3 is 0 Å². The highest BCUT2D eigenvalue weighted by molar-refractivity contribution is 5.78. The lowest BCUT2D eigenvalue weighted by Gasteiger charge is -2.09. The molecule has 0 spiro atoms. The summed E-state index contributed by atoms with van der Waals surface area (Å²) in [7, 11) is 3.15. The number of aromatic nitrogens is 1. The maximum absolute atomic E-state index is 11.9. The first-order chi connectivity index (χ1) is 10.2. The zero-order valence-corrected chi connectivity index (χ0v) is 12.1. The van der Waals surface area contributed by atoms with E-state index in [-0.39, 0.29) is 5.91 Å². The number of ether oxygens (including phenoxy) is 2. The van der Waals surface area contributed by atoms with E-state index >= 15 is 0 Å². The molecule has 1 heterocycles. The fraction of sp³-hybridized carbons (Fsp3) is 0.333. The fourth-order valence-electron chi connectivity index (χ4n) is 1.93. The van der Waals surface area contributed by atoms with E-state index in [0.29, 0.717) is 30.9 Å². The number of hydrogen-bond donors (Lipinski definition) is 1. The molecule has 1 aromatic heterocycles. The third-order valence-corrected chi connectivity index (χ3v) is 3.00. The summed E-state index contributed by atoms with van der Waals surface area (Å²) in [5.74, 6) is 1.21. The molecule has 0 bridgehead atoms. The van der Waals surface area contributed by atoms with E-state index in [2.05, 4.69) is 10.3 Å². The van der Waals surface area contributed by atoms with Crippen molar-refractivity contribution in [3.63, 3.8) is 0 Å². The van der Waals surface area contributed by atoms with E-state index in [1.807, 2.05) is 6.07 Å². The third kappa shape index (κ3) is 4.24. The van der Waals surface area contributed by atoms with Crippen LogP contribution >= 0.6 is 0 Å². The predicted molar refractivity (Wildman–Crippen MR) is 76.5 cm³/mol. The molecular formula is C15H18N2O4. The third-order valence-electron chi connectivity index (χ3n) is 3.00. The molecule has 112 valence electrons. The molecular weight excluding hydrogens is 272 g/mol. The first kappa shape index (κ1) is 14.9. The lowest BCUT2D eigenvalue weighted by molar-refractivity contribution is -0.120. The van der Waals surface area contributed by atoms with Crippen LogP contribution in [-0.2, 0) is 17.6 Å². The minimum Gasteiger partial charge on any atom is -0.493 e. The van der Waals surface area contributed by atoms with E-state index in [1.54, 1.807) is 32.6 Å². The number of carbonyl (C=O) groups is 1. The molecule has 21 heavy (non-hydrogen) atoms. The topological polar surface area (TPSA) is 73.6 Å². The lowest BCUT2D eigenvalue weighted by Crippen LogP contribution is -2.27. The number of amides is 1. The van der Waals surface area contributed by atoms with E-state index in [1.165, 1.54) is 6.39 Å². The van der Waals surface area contributed by atoms with Crippen molar-refractivity contribution < 1.29 is 18.7 Å². The van der Waals surface area contributed by atoms with E-state index in [9.17, 15) is 4.79 Å². The summed E-state index contributed by atoms with van der Waals surface area (Å²) in [6.45, 7) is 0.526. The highest BCUT2D eigenvalue weighted by Crippen LogP contribution is 2.27. The maximum Gasteiger partial charge on any atom is 0.224 e. The summed E-state index contributed by atoms with van der Waals surface area (Å²) in [6.07, 6.45) is 3.88. The molecule has 0 aliphatic rings. The quantitative estimate of drug-likeness (QED) is 0.838. The van der Waals surface area contributed by atoms with Crippen LogP contribution in [-0.4, -0.2) is 31.7 Å². The molecule has 2 rings (SSSR count). The first-order valence-electron chi connectivity index (χ1n) is 6.57.